The molecular formula is C26H45Cl3N6O4. The third-order valence-electron chi connectivity index (χ3n) is 5.06. The van der Waals surface area contributed by atoms with Crippen molar-refractivity contribution in [3.05, 3.63) is 47.5 Å². The van der Waals surface area contributed by atoms with Crippen molar-refractivity contribution < 1.29 is 36.7 Å². The predicted molar refractivity (Wildman–Crippen MR) is 152 cm³/mol. The van der Waals surface area contributed by atoms with E-state index in [1.807, 2.05) is 45.0 Å². The third-order valence-corrected chi connectivity index (χ3v) is 5.48. The molecule has 224 valence electrons. The van der Waals surface area contributed by atoms with Crippen molar-refractivity contribution in [3.63, 3.8) is 0 Å². The Balaban J connectivity index is 0. The van der Waals surface area contributed by atoms with Gasteiger partial charge in [-0.05, 0) is 29.5 Å². The molecule has 0 fully saturated rings. The molecule has 3 N–H and O–H groups in total. The van der Waals surface area contributed by atoms with Crippen LogP contribution in [0.4, 0.5) is 0 Å². The van der Waals surface area contributed by atoms with E-state index >= 15 is 0 Å². The number of carbonyl (C=O) groups is 2. The summed E-state index contributed by atoms with van der Waals surface area (Å²) in [4.78, 5) is 24.7. The van der Waals surface area contributed by atoms with E-state index < -0.39 is 12.1 Å². The van der Waals surface area contributed by atoms with Crippen molar-refractivity contribution in [1.82, 2.24) is 25.2 Å². The van der Waals surface area contributed by atoms with Crippen molar-refractivity contribution in [2.75, 3.05) is 47.7 Å². The quantitative estimate of drug-likeness (QED) is 0.203. The first-order valence-corrected chi connectivity index (χ1v) is 13.2. The molecule has 1 amide bonds. The fourth-order valence-corrected chi connectivity index (χ4v) is 3.59. The van der Waals surface area contributed by atoms with E-state index in [-0.39, 0.29) is 42.6 Å². The standard InChI is InChI=1S/C15H20ClN3O.C6H12N2O3.C5H13ClN.ClH/c1-15(2,3)14(20)13(19-10-17-9-18-19)8-11-4-6-12(16)7-5-11;1-8(2)7-5(9)3-4-6(10)11;1-7(2,3)5-4-6;/h4-7,9-10,13-14,20H,8H2,1-3H3;3-4H2,1-2H3,(H,7,9)(H,10,11);4-5H2,1-3H3;1H/q;;+1;/p-1/t13-,14+;;;/m0.../s1. The Morgan fingerprint density at radius 3 is 2.05 bits per heavy atom. The minimum atomic E-state index is -0.959. The van der Waals surface area contributed by atoms with Gasteiger partial charge >= 0.3 is 5.97 Å². The van der Waals surface area contributed by atoms with E-state index in [2.05, 4.69) is 36.7 Å². The molecule has 1 aromatic carbocycles. The Bertz CT molecular complexity index is 931. The first-order chi connectivity index (χ1) is 17.5. The third kappa shape index (κ3) is 19.7. The van der Waals surface area contributed by atoms with Gasteiger partial charge < -0.3 is 27.1 Å². The number of benzene rings is 1. The summed E-state index contributed by atoms with van der Waals surface area (Å²) in [6, 6.07) is 7.51. The molecule has 2 atom stereocenters. The summed E-state index contributed by atoms with van der Waals surface area (Å²) in [5, 5.41) is 25.2. The van der Waals surface area contributed by atoms with E-state index in [4.69, 9.17) is 28.3 Å². The lowest BCUT2D eigenvalue weighted by atomic mass is 9.82. The molecule has 1 aromatic heterocycles. The number of quaternary nitrogens is 1. The highest BCUT2D eigenvalue weighted by molar-refractivity contribution is 6.30. The van der Waals surface area contributed by atoms with Crippen LogP contribution < -0.4 is 17.8 Å². The first-order valence-electron chi connectivity index (χ1n) is 12.3. The number of hydrazine groups is 1. The highest BCUT2D eigenvalue weighted by Gasteiger charge is 2.32. The average Bonchev–Trinajstić information content (AvgIpc) is 3.30. The molecule has 0 bridgehead atoms. The van der Waals surface area contributed by atoms with Gasteiger partial charge in [0.25, 0.3) is 0 Å². The maximum atomic E-state index is 10.7. The maximum Gasteiger partial charge on any atom is 0.303 e. The molecule has 10 nitrogen and oxygen atoms in total. The lowest BCUT2D eigenvalue weighted by Crippen LogP contribution is -3.00. The molecule has 0 aliphatic carbocycles. The van der Waals surface area contributed by atoms with Crippen LogP contribution in [0.25, 0.3) is 0 Å². The molecule has 0 aliphatic heterocycles. The van der Waals surface area contributed by atoms with Crippen molar-refractivity contribution in [2.24, 2.45) is 5.41 Å². The maximum absolute atomic E-state index is 10.7. The van der Waals surface area contributed by atoms with Gasteiger partial charge in [-0.15, -0.1) is 11.6 Å². The molecule has 1 heterocycles. The number of halogens is 3. The summed E-state index contributed by atoms with van der Waals surface area (Å²) in [5.74, 6) is -0.486. The van der Waals surface area contributed by atoms with Crippen LogP contribution in [0.15, 0.2) is 36.9 Å². The van der Waals surface area contributed by atoms with Crippen LogP contribution >= 0.6 is 23.2 Å². The normalized spacial score (nSPS) is 12.6. The minimum absolute atomic E-state index is 0. The van der Waals surface area contributed by atoms with Gasteiger partial charge in [-0.25, -0.2) is 14.7 Å². The number of carbonyl (C=O) groups excluding carboxylic acids is 1. The highest BCUT2D eigenvalue weighted by atomic mass is 35.5. The molecule has 0 spiro atoms. The lowest BCUT2D eigenvalue weighted by molar-refractivity contribution is -0.867. The van der Waals surface area contributed by atoms with Gasteiger partial charge in [0, 0.05) is 25.5 Å². The monoisotopic (exact) mass is 610 g/mol. The summed E-state index contributed by atoms with van der Waals surface area (Å²) >= 11 is 11.4. The first kappa shape index (κ1) is 39.2. The van der Waals surface area contributed by atoms with Gasteiger partial charge in [0.2, 0.25) is 5.91 Å². The number of aliphatic hydroxyl groups excluding tert-OH is 1. The second kappa shape index (κ2) is 19.2. The number of nitrogens with one attached hydrogen (secondary N) is 1. The average molecular weight is 612 g/mol. The fourth-order valence-electron chi connectivity index (χ4n) is 2.96. The fraction of sp³-hybridized carbons (Fsp3) is 0.615. The molecule has 0 saturated carbocycles. The topological polar surface area (TPSA) is 121 Å². The summed E-state index contributed by atoms with van der Waals surface area (Å²) in [5.41, 5.74) is 3.31. The van der Waals surface area contributed by atoms with Gasteiger partial charge in [-0.3, -0.25) is 15.0 Å². The van der Waals surface area contributed by atoms with Crippen LogP contribution in [0, 0.1) is 5.41 Å². The number of hydrogen-bond acceptors (Lipinski definition) is 6. The zero-order chi connectivity index (χ0) is 29.5. The second-order valence-corrected chi connectivity index (χ2v) is 11.9. The molecule has 2 rings (SSSR count). The number of aromatic nitrogens is 3. The smallest absolute Gasteiger partial charge is 0.303 e. The number of alkyl halides is 1. The molecule has 0 aliphatic rings. The number of carboxylic acid groups (broad SMARTS) is 1. The van der Waals surface area contributed by atoms with Crippen molar-refractivity contribution in [2.45, 2.75) is 52.2 Å². The molecule has 0 saturated heterocycles. The van der Waals surface area contributed by atoms with E-state index in [0.717, 1.165) is 22.5 Å². The number of carboxylic acids is 1. The Hall–Kier alpha value is -1.95. The number of aliphatic hydroxyl groups is 1. The van der Waals surface area contributed by atoms with E-state index in [1.54, 1.807) is 25.1 Å². The number of aliphatic carboxylic acids is 1. The molecule has 13 heteroatoms. The van der Waals surface area contributed by atoms with Crippen LogP contribution in [0.1, 0.15) is 45.2 Å². The summed E-state index contributed by atoms with van der Waals surface area (Å²) < 4.78 is 2.69. The molecule has 0 radical (unpaired) electrons. The van der Waals surface area contributed by atoms with Gasteiger partial charge in [0.1, 0.15) is 12.7 Å². The van der Waals surface area contributed by atoms with E-state index in [0.29, 0.717) is 11.4 Å². The Labute approximate surface area is 249 Å². The molecule has 39 heavy (non-hydrogen) atoms. The Morgan fingerprint density at radius 2 is 1.69 bits per heavy atom. The largest absolute Gasteiger partial charge is 1.00 e. The molecule has 2 aromatic rings. The predicted octanol–water partition coefficient (Wildman–Crippen LogP) is 0.502. The summed E-state index contributed by atoms with van der Waals surface area (Å²) in [7, 11) is 9.71. The zero-order valence-corrected chi connectivity index (χ0v) is 26.5. The summed E-state index contributed by atoms with van der Waals surface area (Å²) in [6.45, 7) is 7.10. The number of amides is 1. The Kier molecular flexibility index (Phi) is 19.3. The second-order valence-electron chi connectivity index (χ2n) is 11.1. The SMILES string of the molecule is CC(C)(C)[C@H](O)[C@H](Cc1ccc(Cl)cc1)n1cncn1.CN(C)NC(=O)CCC(=O)O.C[N+](C)(C)CCCl.[Cl-]. The van der Waals surface area contributed by atoms with Gasteiger partial charge in [-0.2, -0.15) is 5.10 Å². The lowest BCUT2D eigenvalue weighted by Gasteiger charge is -2.33. The van der Waals surface area contributed by atoms with Crippen molar-refractivity contribution >= 4 is 35.1 Å². The van der Waals surface area contributed by atoms with Gasteiger partial charge in [0.15, 0.2) is 0 Å². The van der Waals surface area contributed by atoms with Crippen LogP contribution in [0.2, 0.25) is 5.02 Å². The van der Waals surface area contributed by atoms with Crippen LogP contribution in [-0.4, -0.2) is 100 Å². The molecular weight excluding hydrogens is 567 g/mol. The minimum Gasteiger partial charge on any atom is -1.00 e. The number of rotatable bonds is 10. The van der Waals surface area contributed by atoms with Crippen LogP contribution in [0.5, 0.6) is 0 Å². The van der Waals surface area contributed by atoms with Crippen molar-refractivity contribution in [3.8, 4) is 0 Å². The highest BCUT2D eigenvalue weighted by Crippen LogP contribution is 2.30. The molecule has 0 unspecified atom stereocenters. The number of nitrogens with zero attached hydrogens (tertiary/aromatic N) is 5. The van der Waals surface area contributed by atoms with Crippen LogP contribution in [-0.2, 0) is 16.0 Å². The van der Waals surface area contributed by atoms with E-state index in [9.17, 15) is 14.7 Å². The van der Waals surface area contributed by atoms with Gasteiger partial charge in [0.05, 0.1) is 52.1 Å². The summed E-state index contributed by atoms with van der Waals surface area (Å²) in [6.07, 6.45) is 3.19. The number of hydrogen-bond donors (Lipinski definition) is 3. The van der Waals surface area contributed by atoms with E-state index in [1.165, 1.54) is 11.3 Å². The van der Waals surface area contributed by atoms with Crippen LogP contribution in [0.3, 0.4) is 0 Å². The van der Waals surface area contributed by atoms with Crippen molar-refractivity contribution in [1.29, 1.82) is 0 Å². The van der Waals surface area contributed by atoms with Gasteiger partial charge in [-0.1, -0.05) is 44.5 Å². The zero-order valence-electron chi connectivity index (χ0n) is 24.2. The Morgan fingerprint density at radius 1 is 1.13 bits per heavy atom.